The first kappa shape index (κ1) is 31.7. The molecule has 0 saturated heterocycles. The van der Waals surface area contributed by atoms with Crippen LogP contribution in [0.5, 0.6) is 11.5 Å². The Kier molecular flexibility index (Phi) is 6.93. The fraction of sp³-hybridized carbons (Fsp3) is 0. The molecule has 0 bridgehead atoms. The number of hydrogen-bond donors (Lipinski definition) is 0. The summed E-state index contributed by atoms with van der Waals surface area (Å²) in [5.41, 5.74) is 16.3. The van der Waals surface area contributed by atoms with Crippen molar-refractivity contribution in [2.45, 2.75) is 0 Å². The molecule has 1 aliphatic heterocycles. The van der Waals surface area contributed by atoms with Gasteiger partial charge < -0.3 is 13.9 Å². The number of hydrogen-bond acceptors (Lipinski definition) is 1. The fourth-order valence-electron chi connectivity index (χ4n) is 9.03. The molecule has 0 N–H and O–H groups in total. The van der Waals surface area contributed by atoms with E-state index in [0.717, 1.165) is 39.5 Å². The van der Waals surface area contributed by atoms with E-state index >= 15 is 0 Å². The maximum absolute atomic E-state index is 6.72. The molecule has 0 atom stereocenters. The molecule has 2 aromatic heterocycles. The summed E-state index contributed by atoms with van der Waals surface area (Å²) in [6.45, 7) is 0. The zero-order valence-electron chi connectivity index (χ0n) is 30.9. The second-order valence-electron chi connectivity index (χ2n) is 14.9. The van der Waals surface area contributed by atoms with E-state index < -0.39 is 0 Å². The van der Waals surface area contributed by atoms with Crippen LogP contribution in [0.1, 0.15) is 0 Å². The lowest BCUT2D eigenvalue weighted by Crippen LogP contribution is -2.05. The Morgan fingerprint density at radius 3 is 1.49 bits per heavy atom. The molecule has 57 heavy (non-hydrogen) atoms. The molecular formula is C54H34N2O. The molecule has 12 rings (SSSR count). The SMILES string of the molecule is c1ccc(-c2ccc3c(c2)c2cc(-c4ccccc4)ccc2n3-c2ccc(-c3ccc(-c4cccc5c4Oc4cccc6c7ccccc7n-5c46)cc3)cc2)cc1. The fourth-order valence-corrected chi connectivity index (χ4v) is 9.03. The number of aromatic nitrogens is 2. The van der Waals surface area contributed by atoms with E-state index in [4.69, 9.17) is 4.74 Å². The van der Waals surface area contributed by atoms with Crippen molar-refractivity contribution in [2.24, 2.45) is 0 Å². The molecule has 3 heterocycles. The minimum atomic E-state index is 0.883. The summed E-state index contributed by atoms with van der Waals surface area (Å²) in [4.78, 5) is 0. The summed E-state index contributed by atoms with van der Waals surface area (Å²) < 4.78 is 11.5. The summed E-state index contributed by atoms with van der Waals surface area (Å²) in [7, 11) is 0. The molecule has 9 aromatic carbocycles. The van der Waals surface area contributed by atoms with Gasteiger partial charge in [0.05, 0.1) is 27.8 Å². The van der Waals surface area contributed by atoms with E-state index in [2.05, 4.69) is 215 Å². The summed E-state index contributed by atoms with van der Waals surface area (Å²) in [6.07, 6.45) is 0. The number of fused-ring (bicyclic) bond motifs is 8. The topological polar surface area (TPSA) is 19.1 Å². The highest BCUT2D eigenvalue weighted by Crippen LogP contribution is 2.49. The van der Waals surface area contributed by atoms with E-state index in [-0.39, 0.29) is 0 Å². The molecule has 0 spiro atoms. The van der Waals surface area contributed by atoms with Crippen LogP contribution in [-0.4, -0.2) is 9.13 Å². The van der Waals surface area contributed by atoms with E-state index in [9.17, 15) is 0 Å². The van der Waals surface area contributed by atoms with Crippen LogP contribution in [0, 0.1) is 0 Å². The van der Waals surface area contributed by atoms with E-state index in [1.54, 1.807) is 0 Å². The minimum Gasteiger partial charge on any atom is -0.452 e. The smallest absolute Gasteiger partial charge is 0.159 e. The molecule has 0 aliphatic carbocycles. The van der Waals surface area contributed by atoms with Crippen molar-refractivity contribution in [1.82, 2.24) is 9.13 Å². The monoisotopic (exact) mass is 726 g/mol. The van der Waals surface area contributed by atoms with Gasteiger partial charge in [0.25, 0.3) is 0 Å². The van der Waals surface area contributed by atoms with Crippen molar-refractivity contribution in [2.75, 3.05) is 0 Å². The normalized spacial score (nSPS) is 12.0. The Balaban J connectivity index is 0.916. The third-order valence-corrected chi connectivity index (χ3v) is 11.7. The van der Waals surface area contributed by atoms with Crippen molar-refractivity contribution in [3.8, 4) is 67.4 Å². The number of benzene rings is 9. The summed E-state index contributed by atoms with van der Waals surface area (Å²) in [5.74, 6) is 1.77. The van der Waals surface area contributed by atoms with E-state index in [1.807, 2.05) is 0 Å². The molecule has 266 valence electrons. The number of nitrogens with zero attached hydrogens (tertiary/aromatic N) is 2. The molecule has 3 heteroatoms. The van der Waals surface area contributed by atoms with Crippen LogP contribution in [0.25, 0.3) is 99.5 Å². The van der Waals surface area contributed by atoms with Crippen molar-refractivity contribution in [3.05, 3.63) is 206 Å². The van der Waals surface area contributed by atoms with Gasteiger partial charge in [-0.15, -0.1) is 0 Å². The van der Waals surface area contributed by atoms with Gasteiger partial charge in [-0.3, -0.25) is 0 Å². The third kappa shape index (κ3) is 4.92. The van der Waals surface area contributed by atoms with Gasteiger partial charge in [-0.05, 0) is 93.5 Å². The van der Waals surface area contributed by atoms with Gasteiger partial charge in [0, 0.05) is 32.8 Å². The van der Waals surface area contributed by atoms with Crippen molar-refractivity contribution >= 4 is 43.6 Å². The Morgan fingerprint density at radius 2 is 0.825 bits per heavy atom. The third-order valence-electron chi connectivity index (χ3n) is 11.7. The molecular weight excluding hydrogens is 693 g/mol. The van der Waals surface area contributed by atoms with Gasteiger partial charge in [0.2, 0.25) is 0 Å². The van der Waals surface area contributed by atoms with Gasteiger partial charge in [-0.1, -0.05) is 152 Å². The van der Waals surface area contributed by atoms with Gasteiger partial charge in [-0.2, -0.15) is 0 Å². The summed E-state index contributed by atoms with van der Waals surface area (Å²) >= 11 is 0. The molecule has 11 aromatic rings. The van der Waals surface area contributed by atoms with Crippen LogP contribution in [0.2, 0.25) is 0 Å². The lowest BCUT2D eigenvalue weighted by Gasteiger charge is -2.23. The molecule has 0 fully saturated rings. The lowest BCUT2D eigenvalue weighted by atomic mass is 9.98. The highest BCUT2D eigenvalue weighted by atomic mass is 16.5. The Labute approximate surface area is 329 Å². The highest BCUT2D eigenvalue weighted by Gasteiger charge is 2.26. The van der Waals surface area contributed by atoms with Gasteiger partial charge in [-0.25, -0.2) is 0 Å². The van der Waals surface area contributed by atoms with Crippen LogP contribution in [0.4, 0.5) is 0 Å². The predicted octanol–water partition coefficient (Wildman–Crippen LogP) is 14.7. The maximum atomic E-state index is 6.72. The van der Waals surface area contributed by atoms with E-state index in [1.165, 1.54) is 71.5 Å². The number of ether oxygens (including phenoxy) is 1. The molecule has 0 unspecified atom stereocenters. The quantitative estimate of drug-likeness (QED) is 0.173. The summed E-state index contributed by atoms with van der Waals surface area (Å²) in [6, 6.07) is 74.3. The van der Waals surface area contributed by atoms with E-state index in [0.29, 0.717) is 0 Å². The van der Waals surface area contributed by atoms with Crippen molar-refractivity contribution in [3.63, 3.8) is 0 Å². The molecule has 3 nitrogen and oxygen atoms in total. The van der Waals surface area contributed by atoms with Gasteiger partial charge >= 0.3 is 0 Å². The van der Waals surface area contributed by atoms with Crippen LogP contribution >= 0.6 is 0 Å². The first-order valence-corrected chi connectivity index (χ1v) is 19.5. The molecule has 1 aliphatic rings. The summed E-state index contributed by atoms with van der Waals surface area (Å²) in [5, 5.41) is 4.93. The number of rotatable bonds is 5. The van der Waals surface area contributed by atoms with Crippen LogP contribution in [0.3, 0.4) is 0 Å². The Bertz CT molecular complexity index is 3240. The second-order valence-corrected chi connectivity index (χ2v) is 14.9. The molecule has 0 radical (unpaired) electrons. The minimum absolute atomic E-state index is 0.883. The predicted molar refractivity (Wildman–Crippen MR) is 237 cm³/mol. The van der Waals surface area contributed by atoms with Crippen molar-refractivity contribution < 1.29 is 4.74 Å². The van der Waals surface area contributed by atoms with Gasteiger partial charge in [0.1, 0.15) is 0 Å². The average molecular weight is 727 g/mol. The molecule has 0 saturated carbocycles. The first-order chi connectivity index (χ1) is 28.3. The maximum Gasteiger partial charge on any atom is 0.159 e. The van der Waals surface area contributed by atoms with Crippen LogP contribution in [-0.2, 0) is 0 Å². The Hall–Kier alpha value is -7.62. The highest BCUT2D eigenvalue weighted by molar-refractivity contribution is 6.13. The number of para-hydroxylation sites is 3. The Morgan fingerprint density at radius 1 is 0.316 bits per heavy atom. The van der Waals surface area contributed by atoms with Gasteiger partial charge in [0.15, 0.2) is 11.5 Å². The lowest BCUT2D eigenvalue weighted by molar-refractivity contribution is 0.478. The van der Waals surface area contributed by atoms with Crippen molar-refractivity contribution in [1.29, 1.82) is 0 Å². The second kappa shape index (κ2) is 12.5. The molecule has 0 amide bonds. The van der Waals surface area contributed by atoms with Crippen LogP contribution in [0.15, 0.2) is 206 Å². The standard InChI is InChI=1S/C54H34N2O/c1-3-11-35(12-4-1)40-27-31-49-46(33-40)47-34-41(36-13-5-2-6-14-36)28-32-50(47)55(49)42-29-25-38(26-30-42)37-21-23-39(24-22-37)43-16-9-19-51-54(43)57-52-20-10-17-45-44-15-7-8-18-48(44)56(51)53(45)52/h1-34H. The first-order valence-electron chi connectivity index (χ1n) is 19.5. The zero-order valence-corrected chi connectivity index (χ0v) is 30.9. The average Bonchev–Trinajstić information content (AvgIpc) is 3.80. The largest absolute Gasteiger partial charge is 0.452 e. The van der Waals surface area contributed by atoms with Crippen LogP contribution < -0.4 is 4.74 Å². The zero-order chi connectivity index (χ0) is 37.5.